The van der Waals surface area contributed by atoms with E-state index < -0.39 is 0 Å². The second-order valence-electron chi connectivity index (χ2n) is 3.30. The molecule has 3 nitrogen and oxygen atoms in total. The van der Waals surface area contributed by atoms with E-state index in [1.807, 2.05) is 6.20 Å². The van der Waals surface area contributed by atoms with Crippen molar-refractivity contribution in [3.05, 3.63) is 36.0 Å². The lowest BCUT2D eigenvalue weighted by Gasteiger charge is -2.03. The minimum absolute atomic E-state index is 0.589. The summed E-state index contributed by atoms with van der Waals surface area (Å²) < 4.78 is 7.15. The molecule has 0 fully saturated rings. The van der Waals surface area contributed by atoms with E-state index in [4.69, 9.17) is 10.5 Å². The van der Waals surface area contributed by atoms with E-state index in [9.17, 15) is 0 Å². The van der Waals surface area contributed by atoms with Gasteiger partial charge >= 0.3 is 0 Å². The number of ether oxygens (including phenoxy) is 1. The standard InChI is InChI=1S/C11H14N2O/c1-14-8-13-5-4-10-6-9(7-12)2-3-11(10)13/h2-6H,7-8,12H2,1H3. The summed E-state index contributed by atoms with van der Waals surface area (Å²) >= 11 is 0. The molecule has 0 aliphatic heterocycles. The Morgan fingerprint density at radius 1 is 1.36 bits per heavy atom. The van der Waals surface area contributed by atoms with Crippen LogP contribution in [0.3, 0.4) is 0 Å². The number of rotatable bonds is 3. The fourth-order valence-electron chi connectivity index (χ4n) is 1.63. The molecule has 0 atom stereocenters. The average Bonchev–Trinajstić information content (AvgIpc) is 2.61. The van der Waals surface area contributed by atoms with Gasteiger partial charge in [0.15, 0.2) is 0 Å². The highest BCUT2D eigenvalue weighted by molar-refractivity contribution is 5.80. The van der Waals surface area contributed by atoms with Crippen molar-refractivity contribution in [2.24, 2.45) is 5.73 Å². The van der Waals surface area contributed by atoms with E-state index in [2.05, 4.69) is 28.8 Å². The Balaban J connectivity index is 2.48. The van der Waals surface area contributed by atoms with Crippen LogP contribution in [-0.2, 0) is 18.0 Å². The third-order valence-corrected chi connectivity index (χ3v) is 2.34. The molecule has 1 aromatic heterocycles. The number of aromatic nitrogens is 1. The van der Waals surface area contributed by atoms with Crippen LogP contribution in [0, 0.1) is 0 Å². The predicted molar refractivity (Wildman–Crippen MR) is 56.8 cm³/mol. The highest BCUT2D eigenvalue weighted by atomic mass is 16.5. The van der Waals surface area contributed by atoms with E-state index in [1.54, 1.807) is 7.11 Å². The maximum absolute atomic E-state index is 5.57. The van der Waals surface area contributed by atoms with Gasteiger partial charge in [-0.25, -0.2) is 0 Å². The second-order valence-corrected chi connectivity index (χ2v) is 3.30. The number of methoxy groups -OCH3 is 1. The third kappa shape index (κ3) is 1.52. The van der Waals surface area contributed by atoms with Crippen LogP contribution in [0.4, 0.5) is 0 Å². The van der Waals surface area contributed by atoms with Crippen LogP contribution >= 0.6 is 0 Å². The zero-order valence-corrected chi connectivity index (χ0v) is 8.23. The van der Waals surface area contributed by atoms with Crippen LogP contribution in [-0.4, -0.2) is 11.7 Å². The van der Waals surface area contributed by atoms with Gasteiger partial charge in [-0.1, -0.05) is 6.07 Å². The Morgan fingerprint density at radius 2 is 2.21 bits per heavy atom. The first-order chi connectivity index (χ1) is 6.85. The van der Waals surface area contributed by atoms with Crippen LogP contribution in [0.1, 0.15) is 5.56 Å². The van der Waals surface area contributed by atoms with Gasteiger partial charge in [0.05, 0.1) is 0 Å². The van der Waals surface area contributed by atoms with Crippen molar-refractivity contribution in [1.29, 1.82) is 0 Å². The molecule has 0 saturated heterocycles. The van der Waals surface area contributed by atoms with Crippen molar-refractivity contribution in [3.63, 3.8) is 0 Å². The first-order valence-corrected chi connectivity index (χ1v) is 4.62. The molecule has 0 saturated carbocycles. The lowest BCUT2D eigenvalue weighted by atomic mass is 10.1. The first kappa shape index (κ1) is 9.24. The van der Waals surface area contributed by atoms with Gasteiger partial charge < -0.3 is 15.0 Å². The Hall–Kier alpha value is -1.32. The quantitative estimate of drug-likeness (QED) is 0.800. The van der Waals surface area contributed by atoms with Gasteiger partial charge in [0.25, 0.3) is 0 Å². The van der Waals surface area contributed by atoms with Crippen molar-refractivity contribution in [2.75, 3.05) is 7.11 Å². The van der Waals surface area contributed by atoms with Gasteiger partial charge in [0.1, 0.15) is 6.73 Å². The van der Waals surface area contributed by atoms with Gasteiger partial charge in [-0.15, -0.1) is 0 Å². The maximum atomic E-state index is 5.57. The van der Waals surface area contributed by atoms with Crippen LogP contribution < -0.4 is 5.73 Å². The molecule has 1 heterocycles. The van der Waals surface area contributed by atoms with E-state index in [0.29, 0.717) is 13.3 Å². The molecule has 0 aliphatic carbocycles. The summed E-state index contributed by atoms with van der Waals surface area (Å²) in [5, 5.41) is 1.21. The number of hydrogen-bond donors (Lipinski definition) is 1. The van der Waals surface area contributed by atoms with E-state index in [-0.39, 0.29) is 0 Å². The molecule has 0 spiro atoms. The van der Waals surface area contributed by atoms with Gasteiger partial charge in [-0.05, 0) is 29.1 Å². The molecule has 0 radical (unpaired) electrons. The van der Waals surface area contributed by atoms with Crippen molar-refractivity contribution in [3.8, 4) is 0 Å². The SMILES string of the molecule is COCn1ccc2cc(CN)ccc21. The molecular weight excluding hydrogens is 176 g/mol. The Morgan fingerprint density at radius 3 is 2.93 bits per heavy atom. The molecule has 74 valence electrons. The minimum atomic E-state index is 0.589. The minimum Gasteiger partial charge on any atom is -0.364 e. The zero-order valence-electron chi connectivity index (χ0n) is 8.23. The summed E-state index contributed by atoms with van der Waals surface area (Å²) in [6.45, 7) is 1.18. The normalized spacial score (nSPS) is 11.0. The molecule has 2 rings (SSSR count). The van der Waals surface area contributed by atoms with Gasteiger partial charge in [-0.2, -0.15) is 0 Å². The number of benzene rings is 1. The third-order valence-electron chi connectivity index (χ3n) is 2.34. The Labute approximate surface area is 83.1 Å². The number of fused-ring (bicyclic) bond motifs is 1. The van der Waals surface area contributed by atoms with Gasteiger partial charge in [0.2, 0.25) is 0 Å². The van der Waals surface area contributed by atoms with Crippen LogP contribution in [0.2, 0.25) is 0 Å². The molecule has 0 amide bonds. The summed E-state index contributed by atoms with van der Waals surface area (Å²) in [5.74, 6) is 0. The summed E-state index contributed by atoms with van der Waals surface area (Å²) in [4.78, 5) is 0. The molecule has 2 N–H and O–H groups in total. The molecular formula is C11H14N2O. The van der Waals surface area contributed by atoms with Crippen molar-refractivity contribution in [1.82, 2.24) is 4.57 Å². The molecule has 14 heavy (non-hydrogen) atoms. The smallest absolute Gasteiger partial charge is 0.122 e. The van der Waals surface area contributed by atoms with Crippen LogP contribution in [0.25, 0.3) is 10.9 Å². The zero-order chi connectivity index (χ0) is 9.97. The van der Waals surface area contributed by atoms with Crippen molar-refractivity contribution >= 4 is 10.9 Å². The van der Waals surface area contributed by atoms with E-state index in [0.717, 1.165) is 5.56 Å². The molecule has 1 aromatic carbocycles. The average molecular weight is 190 g/mol. The topological polar surface area (TPSA) is 40.2 Å². The molecule has 0 bridgehead atoms. The van der Waals surface area contributed by atoms with Crippen molar-refractivity contribution in [2.45, 2.75) is 13.3 Å². The molecule has 3 heteroatoms. The Bertz CT molecular complexity index is 434. The molecule has 0 aliphatic rings. The second kappa shape index (κ2) is 3.82. The highest BCUT2D eigenvalue weighted by Gasteiger charge is 2.00. The van der Waals surface area contributed by atoms with E-state index >= 15 is 0 Å². The van der Waals surface area contributed by atoms with Crippen LogP contribution in [0.15, 0.2) is 30.5 Å². The Kier molecular flexibility index (Phi) is 2.52. The first-order valence-electron chi connectivity index (χ1n) is 4.62. The number of hydrogen-bond acceptors (Lipinski definition) is 2. The predicted octanol–water partition coefficient (Wildman–Crippen LogP) is 1.70. The number of nitrogens with two attached hydrogens (primary N) is 1. The largest absolute Gasteiger partial charge is 0.364 e. The molecule has 2 aromatic rings. The van der Waals surface area contributed by atoms with Crippen LogP contribution in [0.5, 0.6) is 0 Å². The monoisotopic (exact) mass is 190 g/mol. The lowest BCUT2D eigenvalue weighted by molar-refractivity contribution is 0.135. The highest BCUT2D eigenvalue weighted by Crippen LogP contribution is 2.17. The number of nitrogens with zero attached hydrogens (tertiary/aromatic N) is 1. The van der Waals surface area contributed by atoms with Gasteiger partial charge in [0, 0.05) is 25.4 Å². The summed E-state index contributed by atoms with van der Waals surface area (Å²) in [6.07, 6.45) is 2.02. The summed E-state index contributed by atoms with van der Waals surface area (Å²) in [7, 11) is 1.69. The summed E-state index contributed by atoms with van der Waals surface area (Å²) in [6, 6.07) is 8.32. The summed E-state index contributed by atoms with van der Waals surface area (Å²) in [5.41, 5.74) is 7.92. The molecule has 0 unspecified atom stereocenters. The van der Waals surface area contributed by atoms with Gasteiger partial charge in [-0.3, -0.25) is 0 Å². The maximum Gasteiger partial charge on any atom is 0.122 e. The fourth-order valence-corrected chi connectivity index (χ4v) is 1.63. The fraction of sp³-hybridized carbons (Fsp3) is 0.273. The van der Waals surface area contributed by atoms with Crippen molar-refractivity contribution < 1.29 is 4.74 Å². The van der Waals surface area contributed by atoms with E-state index in [1.165, 1.54) is 10.9 Å². The lowest BCUT2D eigenvalue weighted by Crippen LogP contribution is -1.98.